The van der Waals surface area contributed by atoms with Gasteiger partial charge in [0.25, 0.3) is 5.56 Å². The van der Waals surface area contributed by atoms with Gasteiger partial charge in [-0.05, 0) is 37.3 Å². The van der Waals surface area contributed by atoms with Crippen LogP contribution in [0.15, 0.2) is 23.1 Å². The van der Waals surface area contributed by atoms with Crippen molar-refractivity contribution in [3.8, 4) is 6.07 Å². The van der Waals surface area contributed by atoms with Gasteiger partial charge in [-0.3, -0.25) is 9.78 Å². The third kappa shape index (κ3) is 3.39. The molecule has 3 rings (SSSR count). The maximum atomic E-state index is 12.4. The highest BCUT2D eigenvalue weighted by molar-refractivity contribution is 5.90. The second-order valence-corrected chi connectivity index (χ2v) is 7.20. The quantitative estimate of drug-likeness (QED) is 0.812. The average molecular weight is 338 g/mol. The van der Waals surface area contributed by atoms with Crippen LogP contribution in [0, 0.1) is 17.2 Å². The molecule has 25 heavy (non-hydrogen) atoms. The molecule has 0 radical (unpaired) electrons. The van der Waals surface area contributed by atoms with Gasteiger partial charge in [0.05, 0.1) is 11.2 Å². The van der Waals surface area contributed by atoms with E-state index in [-0.39, 0.29) is 16.7 Å². The first-order chi connectivity index (χ1) is 12.1. The lowest BCUT2D eigenvalue weighted by Crippen LogP contribution is -2.39. The van der Waals surface area contributed by atoms with Crippen molar-refractivity contribution in [3.05, 3.63) is 34.2 Å². The predicted molar refractivity (Wildman–Crippen MR) is 101 cm³/mol. The monoisotopic (exact) mass is 338 g/mol. The SMILES string of the molecule is CCC1CCCCC(CC)(Nc2c(C#N)c(=O)[nH]c3cccnc23)C1. The molecule has 1 fully saturated rings. The van der Waals surface area contributed by atoms with Crippen LogP contribution in [0.2, 0.25) is 0 Å². The van der Waals surface area contributed by atoms with Gasteiger partial charge in [0.1, 0.15) is 17.1 Å². The molecule has 5 nitrogen and oxygen atoms in total. The van der Waals surface area contributed by atoms with Crippen molar-refractivity contribution in [2.45, 2.75) is 64.3 Å². The van der Waals surface area contributed by atoms with E-state index in [0.29, 0.717) is 22.6 Å². The number of hydrogen-bond donors (Lipinski definition) is 2. The smallest absolute Gasteiger partial charge is 0.268 e. The standard InChI is InChI=1S/C20H26N4O/c1-3-14-8-5-6-10-20(4-2,12-14)24-17-15(13-21)19(25)23-16-9-7-11-22-18(16)17/h7,9,11,14H,3-6,8,10,12H2,1-2H3,(H2,23,24,25). The maximum Gasteiger partial charge on any atom is 0.268 e. The molecule has 0 aliphatic heterocycles. The van der Waals surface area contributed by atoms with Crippen LogP contribution in [0.1, 0.15) is 64.4 Å². The summed E-state index contributed by atoms with van der Waals surface area (Å²) in [5.74, 6) is 0.682. The number of pyridine rings is 2. The number of nitrogens with one attached hydrogen (secondary N) is 2. The molecule has 0 spiro atoms. The van der Waals surface area contributed by atoms with Crippen molar-refractivity contribution < 1.29 is 0 Å². The van der Waals surface area contributed by atoms with E-state index in [2.05, 4.69) is 35.2 Å². The second-order valence-electron chi connectivity index (χ2n) is 7.20. The molecule has 0 amide bonds. The molecule has 1 aliphatic carbocycles. The van der Waals surface area contributed by atoms with Gasteiger partial charge < -0.3 is 10.3 Å². The first-order valence-electron chi connectivity index (χ1n) is 9.31. The zero-order valence-electron chi connectivity index (χ0n) is 15.1. The van der Waals surface area contributed by atoms with Gasteiger partial charge in [-0.1, -0.05) is 39.5 Å². The zero-order valence-corrected chi connectivity index (χ0v) is 15.1. The third-order valence-corrected chi connectivity index (χ3v) is 5.72. The number of H-pyrrole nitrogens is 1. The van der Waals surface area contributed by atoms with Gasteiger partial charge in [0.2, 0.25) is 0 Å². The zero-order chi connectivity index (χ0) is 17.9. The van der Waals surface area contributed by atoms with E-state index in [0.717, 1.165) is 19.3 Å². The van der Waals surface area contributed by atoms with E-state index in [1.165, 1.54) is 25.7 Å². The van der Waals surface area contributed by atoms with Crippen molar-refractivity contribution in [3.63, 3.8) is 0 Å². The van der Waals surface area contributed by atoms with E-state index in [1.807, 2.05) is 6.07 Å². The fourth-order valence-corrected chi connectivity index (χ4v) is 4.14. The van der Waals surface area contributed by atoms with Crippen LogP contribution in [-0.2, 0) is 0 Å². The summed E-state index contributed by atoms with van der Waals surface area (Å²) in [6.45, 7) is 4.45. The Morgan fingerprint density at radius 2 is 2.28 bits per heavy atom. The normalized spacial score (nSPS) is 23.8. The molecule has 2 unspecified atom stereocenters. The summed E-state index contributed by atoms with van der Waals surface area (Å²) in [6, 6.07) is 5.71. The second kappa shape index (κ2) is 7.26. The van der Waals surface area contributed by atoms with Gasteiger partial charge in [0.15, 0.2) is 0 Å². The lowest BCUT2D eigenvalue weighted by atomic mass is 9.82. The molecular weight excluding hydrogens is 312 g/mol. The van der Waals surface area contributed by atoms with E-state index in [1.54, 1.807) is 12.3 Å². The summed E-state index contributed by atoms with van der Waals surface area (Å²) in [5, 5.41) is 13.2. The Labute approximate surface area is 148 Å². The molecule has 132 valence electrons. The molecule has 0 aromatic carbocycles. The van der Waals surface area contributed by atoms with Gasteiger partial charge in [-0.2, -0.15) is 5.26 Å². The lowest BCUT2D eigenvalue weighted by molar-refractivity contribution is 0.328. The van der Waals surface area contributed by atoms with Gasteiger partial charge in [-0.15, -0.1) is 0 Å². The maximum absolute atomic E-state index is 12.4. The average Bonchev–Trinajstić information content (AvgIpc) is 2.84. The topological polar surface area (TPSA) is 81.6 Å². The van der Waals surface area contributed by atoms with Crippen LogP contribution < -0.4 is 10.9 Å². The molecule has 2 aromatic rings. The predicted octanol–water partition coefficient (Wildman–Crippen LogP) is 4.35. The van der Waals surface area contributed by atoms with Crippen molar-refractivity contribution in [2.24, 2.45) is 5.92 Å². The van der Waals surface area contributed by atoms with Crippen LogP contribution >= 0.6 is 0 Å². The third-order valence-electron chi connectivity index (χ3n) is 5.72. The molecule has 0 saturated heterocycles. The molecule has 2 aromatic heterocycles. The molecule has 2 heterocycles. The van der Waals surface area contributed by atoms with E-state index >= 15 is 0 Å². The van der Waals surface area contributed by atoms with Crippen LogP contribution in [0.4, 0.5) is 5.69 Å². The Balaban J connectivity index is 2.12. The largest absolute Gasteiger partial charge is 0.377 e. The Bertz CT molecular complexity index is 851. The fraction of sp³-hybridized carbons (Fsp3) is 0.550. The van der Waals surface area contributed by atoms with Gasteiger partial charge >= 0.3 is 0 Å². The number of aromatic nitrogens is 2. The van der Waals surface area contributed by atoms with Crippen molar-refractivity contribution >= 4 is 16.7 Å². The highest BCUT2D eigenvalue weighted by Gasteiger charge is 2.34. The van der Waals surface area contributed by atoms with E-state index in [4.69, 9.17) is 0 Å². The van der Waals surface area contributed by atoms with Crippen molar-refractivity contribution in [2.75, 3.05) is 5.32 Å². The first kappa shape index (κ1) is 17.5. The van der Waals surface area contributed by atoms with Crippen molar-refractivity contribution in [1.29, 1.82) is 5.26 Å². The fourth-order valence-electron chi connectivity index (χ4n) is 4.14. The minimum Gasteiger partial charge on any atom is -0.377 e. The summed E-state index contributed by atoms with van der Waals surface area (Å²) in [6.07, 6.45) is 9.67. The van der Waals surface area contributed by atoms with Gasteiger partial charge in [-0.25, -0.2) is 0 Å². The van der Waals surface area contributed by atoms with E-state index in [9.17, 15) is 10.1 Å². The van der Waals surface area contributed by atoms with Crippen LogP contribution in [0.3, 0.4) is 0 Å². The number of aromatic amines is 1. The summed E-state index contributed by atoms with van der Waals surface area (Å²) in [5.41, 5.74) is 1.64. The minimum absolute atomic E-state index is 0.0823. The van der Waals surface area contributed by atoms with Crippen LogP contribution in [0.25, 0.3) is 11.0 Å². The van der Waals surface area contributed by atoms with Crippen molar-refractivity contribution in [1.82, 2.24) is 9.97 Å². The number of hydrogen-bond acceptors (Lipinski definition) is 4. The molecule has 1 aliphatic rings. The summed E-state index contributed by atoms with van der Waals surface area (Å²) < 4.78 is 0. The number of nitrogens with zero attached hydrogens (tertiary/aromatic N) is 2. The summed E-state index contributed by atoms with van der Waals surface area (Å²) >= 11 is 0. The molecular formula is C20H26N4O. The summed E-state index contributed by atoms with van der Waals surface area (Å²) in [4.78, 5) is 19.6. The Kier molecular flexibility index (Phi) is 5.08. The highest BCUT2D eigenvalue weighted by atomic mass is 16.1. The first-order valence-corrected chi connectivity index (χ1v) is 9.31. The Morgan fingerprint density at radius 3 is 3.00 bits per heavy atom. The summed E-state index contributed by atoms with van der Waals surface area (Å²) in [7, 11) is 0. The van der Waals surface area contributed by atoms with Crippen LogP contribution in [0.5, 0.6) is 0 Å². The number of nitriles is 1. The Morgan fingerprint density at radius 1 is 1.44 bits per heavy atom. The highest BCUT2D eigenvalue weighted by Crippen LogP contribution is 2.38. The van der Waals surface area contributed by atoms with E-state index < -0.39 is 0 Å². The molecule has 0 bridgehead atoms. The molecule has 2 N–H and O–H groups in total. The Hall–Kier alpha value is -2.35. The van der Waals surface area contributed by atoms with Gasteiger partial charge in [0, 0.05) is 11.7 Å². The molecule has 2 atom stereocenters. The number of fused-ring (bicyclic) bond motifs is 1. The number of anilines is 1. The molecule has 1 saturated carbocycles. The van der Waals surface area contributed by atoms with Crippen LogP contribution in [-0.4, -0.2) is 15.5 Å². The minimum atomic E-state index is -0.350. The molecule has 5 heteroatoms. The lowest BCUT2D eigenvalue weighted by Gasteiger charge is -2.36. The number of rotatable bonds is 4.